The molecule has 0 atom stereocenters. The maximum atomic E-state index is 10.3. The fraction of sp³-hybridized carbons (Fsp3) is 0.167. The third-order valence-electron chi connectivity index (χ3n) is 1.59. The third kappa shape index (κ3) is 1.32. The van der Waals surface area contributed by atoms with Crippen LogP contribution in [0.25, 0.3) is 5.78 Å². The number of hydrazine groups is 1. The van der Waals surface area contributed by atoms with E-state index in [1.165, 1.54) is 16.9 Å². The second-order valence-corrected chi connectivity index (χ2v) is 2.62. The van der Waals surface area contributed by atoms with E-state index in [-0.39, 0.29) is 5.82 Å². The Labute approximate surface area is 77.7 Å². The summed E-state index contributed by atoms with van der Waals surface area (Å²) in [4.78, 5) is 18.1. The van der Waals surface area contributed by atoms with Gasteiger partial charge in [-0.05, 0) is 6.92 Å². The van der Waals surface area contributed by atoms with Crippen molar-refractivity contribution in [2.75, 3.05) is 5.43 Å². The lowest BCUT2D eigenvalue weighted by atomic mass is 10.4. The topological polar surface area (TPSA) is 98.2 Å². The Morgan fingerprint density at radius 2 is 2.43 bits per heavy atom. The predicted octanol–water partition coefficient (Wildman–Crippen LogP) is 0.0363. The number of nitro groups is 1. The smallest absolute Gasteiger partial charge is 0.234 e. The molecule has 0 aliphatic rings. The third-order valence-corrected chi connectivity index (χ3v) is 1.59. The van der Waals surface area contributed by atoms with Gasteiger partial charge in [-0.15, -0.1) is 0 Å². The molecule has 8 nitrogen and oxygen atoms in total. The van der Waals surface area contributed by atoms with E-state index >= 15 is 0 Å². The minimum Gasteiger partial charge on any atom is -0.234 e. The average molecular weight is 194 g/mol. The average Bonchev–Trinajstić information content (AvgIpc) is 2.50. The summed E-state index contributed by atoms with van der Waals surface area (Å²) >= 11 is 0. The van der Waals surface area contributed by atoms with Gasteiger partial charge in [-0.3, -0.25) is 0 Å². The van der Waals surface area contributed by atoms with E-state index in [1.807, 2.05) is 5.43 Å². The summed E-state index contributed by atoms with van der Waals surface area (Å²) in [6.45, 7) is 1.72. The highest BCUT2D eigenvalue weighted by Gasteiger charge is 2.08. The Balaban J connectivity index is 2.60. The molecular weight excluding hydrogens is 188 g/mol. The first-order chi connectivity index (χ1) is 6.66. The van der Waals surface area contributed by atoms with E-state index in [0.29, 0.717) is 11.5 Å². The van der Waals surface area contributed by atoms with Gasteiger partial charge >= 0.3 is 0 Å². The maximum Gasteiger partial charge on any atom is 0.254 e. The zero-order chi connectivity index (χ0) is 10.1. The number of aryl methyl sites for hydroxylation is 1. The minimum absolute atomic E-state index is 0.231. The van der Waals surface area contributed by atoms with Crippen LogP contribution in [0.3, 0.4) is 0 Å². The molecular formula is C6H6N6O2. The number of rotatable bonds is 2. The standard InChI is InChI=1S/C6H6N6O2/c1-4-2-5(10-12(13)14)11-6(9-4)7-3-8-11/h2-3,10H,1H3. The molecule has 2 aromatic heterocycles. The molecule has 14 heavy (non-hydrogen) atoms. The molecule has 0 aliphatic carbocycles. The quantitative estimate of drug-likeness (QED) is 0.535. The first kappa shape index (κ1) is 8.35. The minimum atomic E-state index is -0.657. The van der Waals surface area contributed by atoms with Crippen LogP contribution in [0.5, 0.6) is 0 Å². The fourth-order valence-corrected chi connectivity index (χ4v) is 1.10. The van der Waals surface area contributed by atoms with Crippen LogP contribution >= 0.6 is 0 Å². The number of fused-ring (bicyclic) bond motifs is 1. The van der Waals surface area contributed by atoms with E-state index in [2.05, 4.69) is 15.1 Å². The second-order valence-electron chi connectivity index (χ2n) is 2.62. The van der Waals surface area contributed by atoms with Crippen molar-refractivity contribution in [1.29, 1.82) is 0 Å². The number of hydrogen-bond acceptors (Lipinski definition) is 5. The van der Waals surface area contributed by atoms with Gasteiger partial charge in [0.15, 0.2) is 10.9 Å². The van der Waals surface area contributed by atoms with Gasteiger partial charge in [-0.2, -0.15) is 14.6 Å². The molecule has 0 aliphatic heterocycles. The SMILES string of the molecule is Cc1cc(N[N+](=O)[O-])n2ncnc2n1. The van der Waals surface area contributed by atoms with Crippen molar-refractivity contribution in [3.63, 3.8) is 0 Å². The summed E-state index contributed by atoms with van der Waals surface area (Å²) in [5.41, 5.74) is 2.65. The molecule has 0 amide bonds. The van der Waals surface area contributed by atoms with Crippen LogP contribution in [-0.2, 0) is 0 Å². The highest BCUT2D eigenvalue weighted by Crippen LogP contribution is 2.09. The molecule has 2 aromatic rings. The second kappa shape index (κ2) is 2.91. The fourth-order valence-electron chi connectivity index (χ4n) is 1.10. The first-order valence-corrected chi connectivity index (χ1v) is 3.75. The molecule has 0 radical (unpaired) electrons. The first-order valence-electron chi connectivity index (χ1n) is 3.75. The van der Waals surface area contributed by atoms with E-state index in [9.17, 15) is 10.1 Å². The number of aromatic nitrogens is 4. The summed E-state index contributed by atoms with van der Waals surface area (Å²) in [6.07, 6.45) is 1.28. The van der Waals surface area contributed by atoms with Gasteiger partial charge in [0.1, 0.15) is 6.33 Å². The number of nitrogens with one attached hydrogen (secondary N) is 1. The van der Waals surface area contributed by atoms with Crippen molar-refractivity contribution >= 4 is 11.6 Å². The summed E-state index contributed by atoms with van der Waals surface area (Å²) in [5.74, 6) is 0.560. The lowest BCUT2D eigenvalue weighted by Crippen LogP contribution is -2.12. The van der Waals surface area contributed by atoms with Crippen molar-refractivity contribution < 1.29 is 5.03 Å². The molecule has 0 fully saturated rings. The molecule has 1 N–H and O–H groups in total. The van der Waals surface area contributed by atoms with E-state index in [0.717, 1.165) is 0 Å². The number of hydrogen-bond donors (Lipinski definition) is 1. The number of nitrogens with zero attached hydrogens (tertiary/aromatic N) is 5. The Hall–Kier alpha value is -2.25. The van der Waals surface area contributed by atoms with Crippen molar-refractivity contribution in [2.45, 2.75) is 6.92 Å². The Morgan fingerprint density at radius 3 is 3.14 bits per heavy atom. The zero-order valence-electron chi connectivity index (χ0n) is 7.21. The normalized spacial score (nSPS) is 10.4. The molecule has 0 spiro atoms. The van der Waals surface area contributed by atoms with Crippen molar-refractivity contribution in [2.24, 2.45) is 0 Å². The highest BCUT2D eigenvalue weighted by molar-refractivity contribution is 5.42. The van der Waals surface area contributed by atoms with E-state index in [4.69, 9.17) is 0 Å². The van der Waals surface area contributed by atoms with Gasteiger partial charge in [0.05, 0.1) is 0 Å². The summed E-state index contributed by atoms with van der Waals surface area (Å²) in [7, 11) is 0. The van der Waals surface area contributed by atoms with E-state index < -0.39 is 5.03 Å². The van der Waals surface area contributed by atoms with Gasteiger partial charge < -0.3 is 0 Å². The van der Waals surface area contributed by atoms with Gasteiger partial charge in [-0.1, -0.05) is 5.43 Å². The maximum absolute atomic E-state index is 10.3. The van der Waals surface area contributed by atoms with Crippen LogP contribution < -0.4 is 5.43 Å². The Kier molecular flexibility index (Phi) is 1.73. The molecule has 2 rings (SSSR count). The van der Waals surface area contributed by atoms with Crippen LogP contribution in [-0.4, -0.2) is 24.6 Å². The summed E-state index contributed by atoms with van der Waals surface area (Å²) in [5, 5.41) is 13.4. The Bertz CT molecular complexity index is 492. The van der Waals surface area contributed by atoms with Crippen LogP contribution in [0, 0.1) is 17.0 Å². The largest absolute Gasteiger partial charge is 0.254 e. The molecule has 8 heteroatoms. The van der Waals surface area contributed by atoms with Crippen LogP contribution in [0.1, 0.15) is 5.69 Å². The summed E-state index contributed by atoms with van der Waals surface area (Å²) < 4.78 is 1.26. The predicted molar refractivity (Wildman–Crippen MR) is 46.1 cm³/mol. The zero-order valence-corrected chi connectivity index (χ0v) is 7.21. The molecule has 0 saturated heterocycles. The van der Waals surface area contributed by atoms with Crippen molar-refractivity contribution in [3.8, 4) is 0 Å². The lowest BCUT2D eigenvalue weighted by molar-refractivity contribution is -0.445. The van der Waals surface area contributed by atoms with Gasteiger partial charge in [-0.25, -0.2) is 15.1 Å². The monoisotopic (exact) mass is 194 g/mol. The lowest BCUT2D eigenvalue weighted by Gasteiger charge is -2.00. The Morgan fingerprint density at radius 1 is 1.64 bits per heavy atom. The van der Waals surface area contributed by atoms with Crippen LogP contribution in [0.2, 0.25) is 0 Å². The highest BCUT2D eigenvalue weighted by atomic mass is 16.7. The van der Waals surface area contributed by atoms with E-state index in [1.54, 1.807) is 6.92 Å². The van der Waals surface area contributed by atoms with Gasteiger partial charge in [0.25, 0.3) is 5.78 Å². The molecule has 0 unspecified atom stereocenters. The molecule has 0 aromatic carbocycles. The van der Waals surface area contributed by atoms with Gasteiger partial charge in [0.2, 0.25) is 0 Å². The van der Waals surface area contributed by atoms with Gasteiger partial charge in [0, 0.05) is 11.8 Å². The molecule has 0 saturated carbocycles. The van der Waals surface area contributed by atoms with Crippen molar-refractivity contribution in [3.05, 3.63) is 28.2 Å². The van der Waals surface area contributed by atoms with Crippen LogP contribution in [0.4, 0.5) is 5.82 Å². The molecule has 0 bridgehead atoms. The number of anilines is 1. The van der Waals surface area contributed by atoms with Crippen LogP contribution in [0.15, 0.2) is 12.4 Å². The molecule has 2 heterocycles. The molecule has 72 valence electrons. The van der Waals surface area contributed by atoms with Crippen molar-refractivity contribution in [1.82, 2.24) is 19.6 Å². The summed E-state index contributed by atoms with van der Waals surface area (Å²) in [6, 6.07) is 1.52.